The number of hydrogen-bond acceptors (Lipinski definition) is 3. The first-order valence-corrected chi connectivity index (χ1v) is 4.74. The van der Waals surface area contributed by atoms with Gasteiger partial charge in [-0.15, -0.1) is 0 Å². The van der Waals surface area contributed by atoms with Gasteiger partial charge in [-0.1, -0.05) is 13.3 Å². The largest absolute Gasteiger partial charge is 0.382 e. The lowest BCUT2D eigenvalue weighted by Gasteiger charge is -2.17. The standard InChI is InChI=1S/C9H18N2O2/c1-2-3-7(10)8(12)9(13)11-6-4-5-6/h6-8,12H,2-5,10H2,1H3,(H,11,13)/i7D. The van der Waals surface area contributed by atoms with Crippen LogP contribution < -0.4 is 11.1 Å². The second-order valence-corrected chi connectivity index (χ2v) is 3.51. The van der Waals surface area contributed by atoms with Crippen LogP contribution >= 0.6 is 0 Å². The fraction of sp³-hybridized carbons (Fsp3) is 0.889. The van der Waals surface area contributed by atoms with Crippen molar-refractivity contribution < 1.29 is 11.3 Å². The van der Waals surface area contributed by atoms with Crippen molar-refractivity contribution in [2.24, 2.45) is 5.73 Å². The van der Waals surface area contributed by atoms with E-state index in [1.165, 1.54) is 0 Å². The Hall–Kier alpha value is -0.610. The monoisotopic (exact) mass is 187 g/mol. The van der Waals surface area contributed by atoms with Gasteiger partial charge in [-0.05, 0) is 19.3 Å². The van der Waals surface area contributed by atoms with Crippen molar-refractivity contribution in [3.05, 3.63) is 0 Å². The van der Waals surface area contributed by atoms with Crippen LogP contribution in [-0.2, 0) is 4.79 Å². The summed E-state index contributed by atoms with van der Waals surface area (Å²) in [5, 5.41) is 12.2. The van der Waals surface area contributed by atoms with Crippen molar-refractivity contribution in [2.75, 3.05) is 0 Å². The van der Waals surface area contributed by atoms with Gasteiger partial charge in [0.05, 0.1) is 0 Å². The fourth-order valence-electron chi connectivity index (χ4n) is 1.10. The Labute approximate surface area is 79.9 Å². The summed E-state index contributed by atoms with van der Waals surface area (Å²) >= 11 is 0. The first-order valence-electron chi connectivity index (χ1n) is 5.24. The minimum Gasteiger partial charge on any atom is -0.382 e. The van der Waals surface area contributed by atoms with Crippen LogP contribution in [-0.4, -0.2) is 29.2 Å². The van der Waals surface area contributed by atoms with Gasteiger partial charge < -0.3 is 16.2 Å². The van der Waals surface area contributed by atoms with E-state index in [4.69, 9.17) is 7.10 Å². The molecule has 1 amide bonds. The van der Waals surface area contributed by atoms with Gasteiger partial charge in [0, 0.05) is 13.4 Å². The molecule has 4 heteroatoms. The minimum atomic E-state index is -1.56. The fourth-order valence-corrected chi connectivity index (χ4v) is 1.10. The highest BCUT2D eigenvalue weighted by Gasteiger charge is 2.28. The average Bonchev–Trinajstić information content (AvgIpc) is 2.86. The molecule has 4 nitrogen and oxygen atoms in total. The Kier molecular flexibility index (Phi) is 3.16. The van der Waals surface area contributed by atoms with E-state index < -0.39 is 18.0 Å². The molecule has 1 rings (SSSR count). The van der Waals surface area contributed by atoms with Crippen molar-refractivity contribution in [3.8, 4) is 0 Å². The van der Waals surface area contributed by atoms with E-state index in [-0.39, 0.29) is 6.04 Å². The zero-order chi connectivity index (χ0) is 10.8. The number of nitrogens with one attached hydrogen (secondary N) is 1. The first kappa shape index (κ1) is 8.97. The molecule has 0 aromatic rings. The van der Waals surface area contributed by atoms with Crippen LogP contribution in [0.4, 0.5) is 0 Å². The number of aliphatic hydroxyl groups is 1. The molecule has 2 atom stereocenters. The third-order valence-corrected chi connectivity index (χ3v) is 2.06. The van der Waals surface area contributed by atoms with Gasteiger partial charge in [0.25, 0.3) is 5.91 Å². The number of carbonyl (C=O) groups excluding carboxylic acids is 1. The molecule has 0 aromatic carbocycles. The highest BCUT2D eigenvalue weighted by Crippen LogP contribution is 2.18. The van der Waals surface area contributed by atoms with E-state index in [1.54, 1.807) is 0 Å². The smallest absolute Gasteiger partial charge is 0.250 e. The predicted molar refractivity (Wildman–Crippen MR) is 50.1 cm³/mol. The first-order chi connectivity index (χ1) is 6.47. The number of amides is 1. The second-order valence-electron chi connectivity index (χ2n) is 3.51. The van der Waals surface area contributed by atoms with Crippen molar-refractivity contribution in [2.45, 2.75) is 50.8 Å². The van der Waals surface area contributed by atoms with E-state index in [0.29, 0.717) is 12.8 Å². The third-order valence-electron chi connectivity index (χ3n) is 2.06. The van der Waals surface area contributed by atoms with Crippen LogP contribution in [0, 0.1) is 0 Å². The number of nitrogens with two attached hydrogens (primary N) is 1. The summed E-state index contributed by atoms with van der Waals surface area (Å²) < 4.78 is 7.59. The van der Waals surface area contributed by atoms with Crippen LogP contribution in [0.15, 0.2) is 0 Å². The van der Waals surface area contributed by atoms with E-state index in [0.717, 1.165) is 12.8 Å². The van der Waals surface area contributed by atoms with E-state index in [9.17, 15) is 9.90 Å². The van der Waals surface area contributed by atoms with E-state index >= 15 is 0 Å². The van der Waals surface area contributed by atoms with Crippen molar-refractivity contribution >= 4 is 5.91 Å². The Bertz CT molecular complexity index is 217. The predicted octanol–water partition coefficient (Wildman–Crippen LogP) is -0.247. The quantitative estimate of drug-likeness (QED) is 0.555. The summed E-state index contributed by atoms with van der Waals surface area (Å²) in [6.07, 6.45) is 1.48. The Morgan fingerprint density at radius 2 is 2.46 bits per heavy atom. The minimum absolute atomic E-state index is 0.189. The lowest BCUT2D eigenvalue weighted by atomic mass is 10.1. The molecule has 0 aromatic heterocycles. The van der Waals surface area contributed by atoms with Crippen LogP contribution in [0.2, 0.25) is 0 Å². The Balaban J connectivity index is 2.43. The zero-order valence-corrected chi connectivity index (χ0v) is 7.92. The van der Waals surface area contributed by atoms with Crippen LogP contribution in [0.3, 0.4) is 0 Å². The topological polar surface area (TPSA) is 75.3 Å². The second kappa shape index (κ2) is 4.58. The summed E-state index contributed by atoms with van der Waals surface area (Å²) in [5.41, 5.74) is 5.52. The summed E-state index contributed by atoms with van der Waals surface area (Å²) in [5.74, 6) is -0.515. The van der Waals surface area contributed by atoms with Crippen LogP contribution in [0.1, 0.15) is 34.0 Å². The molecular weight excluding hydrogens is 168 g/mol. The summed E-state index contributed by atoms with van der Waals surface area (Å²) in [6, 6.07) is -1.37. The van der Waals surface area contributed by atoms with Gasteiger partial charge in [0.2, 0.25) is 0 Å². The molecule has 1 aliphatic rings. The number of carbonyl (C=O) groups is 1. The normalized spacial score (nSPS) is 24.4. The lowest BCUT2D eigenvalue weighted by Crippen LogP contribution is -2.46. The van der Waals surface area contributed by atoms with Gasteiger partial charge in [-0.25, -0.2) is 0 Å². The van der Waals surface area contributed by atoms with Crippen molar-refractivity contribution in [3.63, 3.8) is 0 Å². The van der Waals surface area contributed by atoms with Gasteiger partial charge in [0.1, 0.15) is 6.10 Å². The Morgan fingerprint density at radius 1 is 1.85 bits per heavy atom. The molecule has 0 radical (unpaired) electrons. The lowest BCUT2D eigenvalue weighted by molar-refractivity contribution is -0.130. The van der Waals surface area contributed by atoms with E-state index in [1.807, 2.05) is 6.92 Å². The Morgan fingerprint density at radius 3 is 2.92 bits per heavy atom. The SMILES string of the molecule is [2H]C(N)(CCC)C(O)C(=O)NC1CC1. The van der Waals surface area contributed by atoms with Gasteiger partial charge in [0.15, 0.2) is 0 Å². The maximum Gasteiger partial charge on any atom is 0.250 e. The van der Waals surface area contributed by atoms with Gasteiger partial charge in [-0.3, -0.25) is 4.79 Å². The number of rotatable bonds is 5. The van der Waals surface area contributed by atoms with Gasteiger partial charge >= 0.3 is 0 Å². The summed E-state index contributed by atoms with van der Waals surface area (Å²) in [7, 11) is 0. The molecule has 0 heterocycles. The molecule has 0 saturated heterocycles. The average molecular weight is 187 g/mol. The molecular formula is C9H18N2O2. The summed E-state index contributed by atoms with van der Waals surface area (Å²) in [6.45, 7) is 1.86. The maximum absolute atomic E-state index is 11.4. The zero-order valence-electron chi connectivity index (χ0n) is 8.92. The third kappa shape index (κ3) is 3.32. The molecule has 1 saturated carbocycles. The van der Waals surface area contributed by atoms with Crippen LogP contribution in [0.25, 0.3) is 0 Å². The summed E-state index contributed by atoms with van der Waals surface area (Å²) in [4.78, 5) is 11.4. The molecule has 0 spiro atoms. The molecule has 76 valence electrons. The highest BCUT2D eigenvalue weighted by atomic mass is 16.3. The molecule has 0 bridgehead atoms. The van der Waals surface area contributed by atoms with Crippen LogP contribution in [0.5, 0.6) is 0 Å². The van der Waals surface area contributed by atoms with Crippen molar-refractivity contribution in [1.82, 2.24) is 5.32 Å². The molecule has 4 N–H and O–H groups in total. The molecule has 13 heavy (non-hydrogen) atoms. The number of hydrogen-bond donors (Lipinski definition) is 3. The highest BCUT2D eigenvalue weighted by molar-refractivity contribution is 5.81. The molecule has 1 aliphatic carbocycles. The molecule has 0 aliphatic heterocycles. The maximum atomic E-state index is 11.4. The molecule has 2 unspecified atom stereocenters. The van der Waals surface area contributed by atoms with Crippen molar-refractivity contribution in [1.29, 1.82) is 0 Å². The van der Waals surface area contributed by atoms with Gasteiger partial charge in [-0.2, -0.15) is 0 Å². The number of aliphatic hydroxyl groups excluding tert-OH is 1. The van der Waals surface area contributed by atoms with E-state index in [2.05, 4.69) is 5.32 Å². The molecule has 1 fully saturated rings.